The van der Waals surface area contributed by atoms with E-state index in [9.17, 15) is 9.59 Å². The summed E-state index contributed by atoms with van der Waals surface area (Å²) in [6.45, 7) is 1.79. The summed E-state index contributed by atoms with van der Waals surface area (Å²) in [5, 5.41) is 6.99. The number of hydrogen-bond donors (Lipinski definition) is 1. The summed E-state index contributed by atoms with van der Waals surface area (Å²) in [5.74, 6) is 0.699. The van der Waals surface area contributed by atoms with Gasteiger partial charge in [0.2, 0.25) is 5.91 Å². The van der Waals surface area contributed by atoms with Gasteiger partial charge in [-0.05, 0) is 34.5 Å². The van der Waals surface area contributed by atoms with Crippen molar-refractivity contribution >= 4 is 23.2 Å². The van der Waals surface area contributed by atoms with Crippen LogP contribution in [0.2, 0.25) is 0 Å². The van der Waals surface area contributed by atoms with Crippen molar-refractivity contribution in [3.05, 3.63) is 52.2 Å². The number of benzene rings is 1. The molecule has 1 aromatic carbocycles. The molecule has 1 saturated heterocycles. The number of para-hydroxylation sites is 1. The molecule has 0 radical (unpaired) electrons. The minimum absolute atomic E-state index is 0.0940. The van der Waals surface area contributed by atoms with Crippen molar-refractivity contribution < 1.29 is 14.3 Å². The van der Waals surface area contributed by atoms with Crippen LogP contribution in [-0.2, 0) is 11.2 Å². The van der Waals surface area contributed by atoms with E-state index in [1.165, 1.54) is 0 Å². The highest BCUT2D eigenvalue weighted by molar-refractivity contribution is 7.08. The highest BCUT2D eigenvalue weighted by Crippen LogP contribution is 2.33. The maximum atomic E-state index is 12.5. The van der Waals surface area contributed by atoms with E-state index in [2.05, 4.69) is 5.32 Å². The Labute approximate surface area is 150 Å². The van der Waals surface area contributed by atoms with Gasteiger partial charge in [0, 0.05) is 25.9 Å². The van der Waals surface area contributed by atoms with E-state index in [1.807, 2.05) is 39.9 Å². The third kappa shape index (κ3) is 3.26. The van der Waals surface area contributed by atoms with E-state index >= 15 is 0 Å². The number of likely N-dealkylation sites (tertiary alicyclic amines) is 1. The second-order valence-corrected chi connectivity index (χ2v) is 7.43. The van der Waals surface area contributed by atoms with E-state index in [-0.39, 0.29) is 11.8 Å². The molecule has 6 heteroatoms. The third-order valence-corrected chi connectivity index (χ3v) is 5.72. The van der Waals surface area contributed by atoms with E-state index in [4.69, 9.17) is 4.74 Å². The van der Waals surface area contributed by atoms with Gasteiger partial charge in [0.15, 0.2) is 0 Å². The Morgan fingerprint density at radius 3 is 2.80 bits per heavy atom. The first kappa shape index (κ1) is 16.1. The van der Waals surface area contributed by atoms with Crippen LogP contribution in [0.3, 0.4) is 0 Å². The lowest BCUT2D eigenvalue weighted by Crippen LogP contribution is -2.54. The Bertz CT molecular complexity index is 780. The van der Waals surface area contributed by atoms with Gasteiger partial charge in [0.25, 0.3) is 5.91 Å². The predicted molar refractivity (Wildman–Crippen MR) is 96.0 cm³/mol. The van der Waals surface area contributed by atoms with Crippen LogP contribution in [0.1, 0.15) is 28.8 Å². The molecule has 3 heterocycles. The van der Waals surface area contributed by atoms with Crippen LogP contribution in [0.25, 0.3) is 0 Å². The largest absolute Gasteiger partial charge is 0.484 e. The van der Waals surface area contributed by atoms with Crippen molar-refractivity contribution in [1.82, 2.24) is 10.2 Å². The second kappa shape index (κ2) is 6.52. The van der Waals surface area contributed by atoms with Gasteiger partial charge in [-0.25, -0.2) is 0 Å². The van der Waals surface area contributed by atoms with Gasteiger partial charge in [0.1, 0.15) is 11.4 Å². The molecule has 0 unspecified atom stereocenters. The van der Waals surface area contributed by atoms with Crippen LogP contribution in [-0.4, -0.2) is 41.9 Å². The molecule has 130 valence electrons. The van der Waals surface area contributed by atoms with E-state index in [0.717, 1.165) is 18.4 Å². The van der Waals surface area contributed by atoms with E-state index < -0.39 is 5.60 Å². The average Bonchev–Trinajstić information content (AvgIpc) is 3.09. The molecule has 0 atom stereocenters. The van der Waals surface area contributed by atoms with Gasteiger partial charge in [-0.1, -0.05) is 12.1 Å². The molecule has 1 spiro atoms. The van der Waals surface area contributed by atoms with E-state index in [1.54, 1.807) is 17.4 Å². The summed E-state index contributed by atoms with van der Waals surface area (Å²) >= 11 is 1.61. The van der Waals surface area contributed by atoms with Crippen LogP contribution in [0.15, 0.2) is 41.1 Å². The number of nitrogens with zero attached hydrogens (tertiary/aromatic N) is 1. The fourth-order valence-electron chi connectivity index (χ4n) is 3.47. The lowest BCUT2D eigenvalue weighted by molar-refractivity contribution is -0.133. The fourth-order valence-corrected chi connectivity index (χ4v) is 4.14. The predicted octanol–water partition coefficient (Wildman–Crippen LogP) is 2.47. The van der Waals surface area contributed by atoms with E-state index in [0.29, 0.717) is 37.4 Å². The zero-order valence-electron chi connectivity index (χ0n) is 13.9. The maximum Gasteiger partial charge on any atom is 0.255 e. The molecule has 0 saturated carbocycles. The summed E-state index contributed by atoms with van der Waals surface area (Å²) in [6, 6.07) is 9.34. The first-order chi connectivity index (χ1) is 12.2. The smallest absolute Gasteiger partial charge is 0.255 e. The Balaban J connectivity index is 1.44. The Kier molecular flexibility index (Phi) is 4.21. The molecule has 1 N–H and O–H groups in total. The van der Waals surface area contributed by atoms with Crippen LogP contribution in [0.5, 0.6) is 5.75 Å². The summed E-state index contributed by atoms with van der Waals surface area (Å²) in [6.07, 6.45) is 1.89. The maximum absolute atomic E-state index is 12.5. The van der Waals surface area contributed by atoms with Crippen LogP contribution < -0.4 is 10.1 Å². The molecule has 2 aliphatic rings. The minimum atomic E-state index is -0.429. The van der Waals surface area contributed by atoms with Crippen LogP contribution >= 0.6 is 11.3 Å². The molecular weight excluding hydrogens is 336 g/mol. The molecule has 0 bridgehead atoms. The zero-order chi connectivity index (χ0) is 17.3. The standard InChI is InChI=1S/C19H20N2O3S/c22-17(11-14-5-10-25-12-14)21-8-6-19(7-9-21)13-20-18(23)15-3-1-2-4-16(15)24-19/h1-5,10,12H,6-9,11,13H2,(H,20,23). The Morgan fingerprint density at radius 1 is 1.24 bits per heavy atom. The van der Waals surface area contributed by atoms with Gasteiger partial charge in [-0.2, -0.15) is 11.3 Å². The van der Waals surface area contributed by atoms with Crippen molar-refractivity contribution in [2.75, 3.05) is 19.6 Å². The van der Waals surface area contributed by atoms with Crippen LogP contribution in [0.4, 0.5) is 0 Å². The van der Waals surface area contributed by atoms with Gasteiger partial charge >= 0.3 is 0 Å². The van der Waals surface area contributed by atoms with Crippen molar-refractivity contribution in [3.63, 3.8) is 0 Å². The number of nitrogens with one attached hydrogen (secondary N) is 1. The number of fused-ring (bicyclic) bond motifs is 1. The van der Waals surface area contributed by atoms with Crippen LogP contribution in [0, 0.1) is 0 Å². The number of carbonyl (C=O) groups excluding carboxylic acids is 2. The average molecular weight is 356 g/mol. The van der Waals surface area contributed by atoms with Crippen molar-refractivity contribution in [3.8, 4) is 5.75 Å². The number of thiophene rings is 1. The number of rotatable bonds is 2. The molecule has 1 aromatic heterocycles. The van der Waals surface area contributed by atoms with Crippen molar-refractivity contribution in [2.45, 2.75) is 24.9 Å². The number of amides is 2. The molecule has 4 rings (SSSR count). The topological polar surface area (TPSA) is 58.6 Å². The molecule has 25 heavy (non-hydrogen) atoms. The summed E-state index contributed by atoms with van der Waals surface area (Å²) in [7, 11) is 0. The molecule has 2 amide bonds. The number of carbonyl (C=O) groups is 2. The molecule has 0 aliphatic carbocycles. The third-order valence-electron chi connectivity index (χ3n) is 4.99. The summed E-state index contributed by atoms with van der Waals surface area (Å²) in [4.78, 5) is 26.6. The summed E-state index contributed by atoms with van der Waals surface area (Å²) < 4.78 is 6.27. The number of piperidine rings is 1. The van der Waals surface area contributed by atoms with Gasteiger partial charge in [0.05, 0.1) is 18.5 Å². The fraction of sp³-hybridized carbons (Fsp3) is 0.368. The molecule has 5 nitrogen and oxygen atoms in total. The van der Waals surface area contributed by atoms with Crippen molar-refractivity contribution in [1.29, 1.82) is 0 Å². The molecular formula is C19H20N2O3S. The summed E-state index contributed by atoms with van der Waals surface area (Å²) in [5.41, 5.74) is 1.22. The van der Waals surface area contributed by atoms with Gasteiger partial charge in [-0.15, -0.1) is 0 Å². The molecule has 2 aromatic rings. The number of hydrogen-bond acceptors (Lipinski definition) is 4. The first-order valence-corrected chi connectivity index (χ1v) is 9.45. The second-order valence-electron chi connectivity index (χ2n) is 6.65. The lowest BCUT2D eigenvalue weighted by atomic mass is 9.90. The van der Waals surface area contributed by atoms with Gasteiger partial charge in [-0.3, -0.25) is 9.59 Å². The number of ether oxygens (including phenoxy) is 1. The van der Waals surface area contributed by atoms with Crippen molar-refractivity contribution in [2.24, 2.45) is 0 Å². The zero-order valence-corrected chi connectivity index (χ0v) is 14.7. The first-order valence-electron chi connectivity index (χ1n) is 8.50. The Morgan fingerprint density at radius 2 is 2.04 bits per heavy atom. The molecule has 2 aliphatic heterocycles. The Hall–Kier alpha value is -2.34. The lowest BCUT2D eigenvalue weighted by Gasteiger charge is -2.41. The SMILES string of the molecule is O=C1NCC2(CCN(C(=O)Cc3ccsc3)CC2)Oc2ccccc21. The highest BCUT2D eigenvalue weighted by atomic mass is 32.1. The quantitative estimate of drug-likeness (QED) is 0.899. The highest BCUT2D eigenvalue weighted by Gasteiger charge is 2.40. The minimum Gasteiger partial charge on any atom is -0.484 e. The monoisotopic (exact) mass is 356 g/mol. The van der Waals surface area contributed by atoms with Gasteiger partial charge < -0.3 is 15.0 Å². The normalized spacial score (nSPS) is 18.9. The molecule has 1 fully saturated rings.